The molecule has 0 heterocycles. The Labute approximate surface area is 117 Å². The summed E-state index contributed by atoms with van der Waals surface area (Å²) in [6.45, 7) is 5.44. The smallest absolute Gasteiger partial charge is 0.122 e. The van der Waals surface area contributed by atoms with E-state index in [1.807, 2.05) is 0 Å². The van der Waals surface area contributed by atoms with Crippen LogP contribution in [0, 0.1) is 13.8 Å². The summed E-state index contributed by atoms with van der Waals surface area (Å²) in [5.41, 5.74) is 4.06. The van der Waals surface area contributed by atoms with Gasteiger partial charge in [0.05, 0.1) is 13.2 Å². The second kappa shape index (κ2) is 6.95. The van der Waals surface area contributed by atoms with Crippen molar-refractivity contribution in [2.45, 2.75) is 65.0 Å². The maximum atomic E-state index is 5.38. The first-order valence-electron chi connectivity index (χ1n) is 7.68. The predicted octanol–water partition coefficient (Wildman–Crippen LogP) is 3.10. The molecule has 0 atom stereocenters. The van der Waals surface area contributed by atoms with Crippen molar-refractivity contribution in [3.63, 3.8) is 0 Å². The predicted molar refractivity (Wildman–Crippen MR) is 79.6 cm³/mol. The van der Waals surface area contributed by atoms with Crippen LogP contribution in [0.15, 0.2) is 12.1 Å². The Bertz CT molecular complexity index is 406. The van der Waals surface area contributed by atoms with Crippen molar-refractivity contribution in [2.75, 3.05) is 7.11 Å². The first kappa shape index (κ1) is 14.4. The lowest BCUT2D eigenvalue weighted by atomic mass is 10.0. The van der Waals surface area contributed by atoms with Crippen LogP contribution < -0.4 is 10.1 Å². The maximum Gasteiger partial charge on any atom is 0.122 e. The highest BCUT2D eigenvalue weighted by Crippen LogP contribution is 2.22. The highest BCUT2D eigenvalue weighted by atomic mass is 16.5. The van der Waals surface area contributed by atoms with Gasteiger partial charge in [0.25, 0.3) is 0 Å². The summed E-state index contributed by atoms with van der Waals surface area (Å²) in [7, 11) is 1.75. The Morgan fingerprint density at radius 2 is 1.74 bits per heavy atom. The third-order valence-corrected chi connectivity index (χ3v) is 4.42. The maximum absolute atomic E-state index is 5.38. The number of hydrogen-bond acceptors (Lipinski definition) is 1. The lowest BCUT2D eigenvalue weighted by molar-refractivity contribution is -0.705. The summed E-state index contributed by atoms with van der Waals surface area (Å²) in [5.74, 6) is 1.01. The average Bonchev–Trinajstić information content (AvgIpc) is 2.68. The normalized spacial score (nSPS) is 17.2. The van der Waals surface area contributed by atoms with Gasteiger partial charge in [0.15, 0.2) is 0 Å². The third-order valence-electron chi connectivity index (χ3n) is 4.42. The van der Waals surface area contributed by atoms with Crippen LogP contribution in [0.25, 0.3) is 0 Å². The summed E-state index contributed by atoms with van der Waals surface area (Å²) < 4.78 is 5.38. The first-order valence-corrected chi connectivity index (χ1v) is 7.68. The summed E-state index contributed by atoms with van der Waals surface area (Å²) in [6.07, 6.45) is 8.50. The molecule has 1 fully saturated rings. The molecule has 1 aliphatic rings. The van der Waals surface area contributed by atoms with E-state index < -0.39 is 0 Å². The van der Waals surface area contributed by atoms with E-state index in [2.05, 4.69) is 31.3 Å². The van der Waals surface area contributed by atoms with Gasteiger partial charge in [0.1, 0.15) is 12.3 Å². The van der Waals surface area contributed by atoms with Crippen molar-refractivity contribution in [1.82, 2.24) is 0 Å². The molecule has 0 radical (unpaired) electrons. The van der Waals surface area contributed by atoms with Gasteiger partial charge in [-0.05, 0) is 62.8 Å². The van der Waals surface area contributed by atoms with Crippen molar-refractivity contribution in [3.05, 3.63) is 28.8 Å². The van der Waals surface area contributed by atoms with Crippen LogP contribution in [0.2, 0.25) is 0 Å². The molecule has 0 spiro atoms. The summed E-state index contributed by atoms with van der Waals surface area (Å²) in [5, 5.41) is 2.56. The molecule has 1 aromatic carbocycles. The van der Waals surface area contributed by atoms with Gasteiger partial charge in [-0.15, -0.1) is 0 Å². The van der Waals surface area contributed by atoms with Crippen molar-refractivity contribution >= 4 is 0 Å². The van der Waals surface area contributed by atoms with Gasteiger partial charge in [-0.25, -0.2) is 0 Å². The highest BCUT2D eigenvalue weighted by Gasteiger charge is 2.15. The average molecular weight is 262 g/mol. The second-order valence-electron chi connectivity index (χ2n) is 5.94. The molecule has 2 heteroatoms. The third kappa shape index (κ3) is 3.97. The molecule has 0 unspecified atom stereocenters. The van der Waals surface area contributed by atoms with Crippen LogP contribution in [0.3, 0.4) is 0 Å². The number of hydrogen-bond donors (Lipinski definition) is 1. The zero-order chi connectivity index (χ0) is 13.7. The second-order valence-corrected chi connectivity index (χ2v) is 5.94. The minimum absolute atomic E-state index is 0.837. The van der Waals surface area contributed by atoms with E-state index in [1.54, 1.807) is 7.11 Å². The molecule has 2 rings (SSSR count). The molecule has 2 N–H and O–H groups in total. The lowest BCUT2D eigenvalue weighted by Crippen LogP contribution is -2.88. The van der Waals surface area contributed by atoms with Crippen LogP contribution in [-0.2, 0) is 6.54 Å². The van der Waals surface area contributed by atoms with Crippen molar-refractivity contribution in [2.24, 2.45) is 0 Å². The Hall–Kier alpha value is -1.02. The number of rotatable bonds is 4. The number of quaternary nitrogens is 1. The number of methoxy groups -OCH3 is 1. The molecule has 1 aromatic rings. The SMILES string of the molecule is COc1cc(C)c(C[NH2+]C2CCCCCC2)cc1C. The minimum atomic E-state index is 0.837. The number of ether oxygens (including phenoxy) is 1. The van der Waals surface area contributed by atoms with Gasteiger partial charge in [-0.1, -0.05) is 12.8 Å². The molecule has 0 bridgehead atoms. The molecule has 19 heavy (non-hydrogen) atoms. The molecule has 0 aliphatic heterocycles. The minimum Gasteiger partial charge on any atom is -0.496 e. The fourth-order valence-corrected chi connectivity index (χ4v) is 3.13. The van der Waals surface area contributed by atoms with Gasteiger partial charge in [0, 0.05) is 5.56 Å². The van der Waals surface area contributed by atoms with E-state index in [9.17, 15) is 0 Å². The van der Waals surface area contributed by atoms with Crippen molar-refractivity contribution < 1.29 is 10.1 Å². The van der Waals surface area contributed by atoms with E-state index >= 15 is 0 Å². The number of benzene rings is 1. The van der Waals surface area contributed by atoms with E-state index in [4.69, 9.17) is 4.74 Å². The van der Waals surface area contributed by atoms with Crippen LogP contribution in [-0.4, -0.2) is 13.2 Å². The molecular formula is C17H28NO+. The van der Waals surface area contributed by atoms with Crippen LogP contribution in [0.4, 0.5) is 0 Å². The molecule has 0 amide bonds. The molecule has 1 aliphatic carbocycles. The summed E-state index contributed by atoms with van der Waals surface area (Å²) >= 11 is 0. The van der Waals surface area contributed by atoms with E-state index in [0.717, 1.165) is 18.3 Å². The zero-order valence-corrected chi connectivity index (χ0v) is 12.7. The largest absolute Gasteiger partial charge is 0.496 e. The van der Waals surface area contributed by atoms with Gasteiger partial charge in [0.2, 0.25) is 0 Å². The first-order chi connectivity index (χ1) is 9.20. The van der Waals surface area contributed by atoms with Crippen LogP contribution >= 0.6 is 0 Å². The molecule has 0 saturated heterocycles. The van der Waals surface area contributed by atoms with E-state index in [1.165, 1.54) is 55.2 Å². The Morgan fingerprint density at radius 3 is 2.37 bits per heavy atom. The van der Waals surface area contributed by atoms with Gasteiger partial charge < -0.3 is 10.1 Å². The highest BCUT2D eigenvalue weighted by molar-refractivity contribution is 5.41. The fourth-order valence-electron chi connectivity index (χ4n) is 3.13. The fraction of sp³-hybridized carbons (Fsp3) is 0.647. The molecule has 0 aromatic heterocycles. The number of nitrogens with two attached hydrogens (primary N) is 1. The van der Waals surface area contributed by atoms with Gasteiger partial charge in [-0.2, -0.15) is 0 Å². The van der Waals surface area contributed by atoms with Crippen molar-refractivity contribution in [3.8, 4) is 5.75 Å². The quantitative estimate of drug-likeness (QED) is 0.829. The molecule has 106 valence electrons. The van der Waals surface area contributed by atoms with Gasteiger partial charge in [-0.3, -0.25) is 0 Å². The van der Waals surface area contributed by atoms with Crippen molar-refractivity contribution in [1.29, 1.82) is 0 Å². The monoisotopic (exact) mass is 262 g/mol. The molecular weight excluding hydrogens is 234 g/mol. The van der Waals surface area contributed by atoms with E-state index in [0.29, 0.717) is 0 Å². The standard InChI is InChI=1S/C17H27NO/c1-13-11-17(19-3)14(2)10-15(13)12-18-16-8-6-4-5-7-9-16/h10-11,16,18H,4-9,12H2,1-3H3/p+1. The Morgan fingerprint density at radius 1 is 1.05 bits per heavy atom. The zero-order valence-electron chi connectivity index (χ0n) is 12.7. The molecule has 1 saturated carbocycles. The molecule has 2 nitrogen and oxygen atoms in total. The van der Waals surface area contributed by atoms with Crippen LogP contribution in [0.1, 0.15) is 55.2 Å². The number of aryl methyl sites for hydroxylation is 2. The summed E-state index contributed by atoms with van der Waals surface area (Å²) in [6, 6.07) is 5.30. The topological polar surface area (TPSA) is 25.8 Å². The summed E-state index contributed by atoms with van der Waals surface area (Å²) in [4.78, 5) is 0. The Kier molecular flexibility index (Phi) is 5.26. The lowest BCUT2D eigenvalue weighted by Gasteiger charge is -2.15. The van der Waals surface area contributed by atoms with Crippen LogP contribution in [0.5, 0.6) is 5.75 Å². The van der Waals surface area contributed by atoms with E-state index in [-0.39, 0.29) is 0 Å². The van der Waals surface area contributed by atoms with Gasteiger partial charge >= 0.3 is 0 Å². The Balaban J connectivity index is 1.96.